The minimum atomic E-state index is 0.183. The van der Waals surface area contributed by atoms with Crippen LogP contribution in [0.2, 0.25) is 0 Å². The van der Waals surface area contributed by atoms with E-state index in [4.69, 9.17) is 10.5 Å². The summed E-state index contributed by atoms with van der Waals surface area (Å²) in [6.07, 6.45) is 2.45. The molecule has 2 rings (SSSR count). The zero-order chi connectivity index (χ0) is 13.0. The van der Waals surface area contributed by atoms with Gasteiger partial charge >= 0.3 is 0 Å². The molecule has 0 aliphatic carbocycles. The van der Waals surface area contributed by atoms with Crippen LogP contribution in [0.3, 0.4) is 0 Å². The fourth-order valence-electron chi connectivity index (χ4n) is 2.86. The summed E-state index contributed by atoms with van der Waals surface area (Å²) in [5, 5.41) is 2.14. The van der Waals surface area contributed by atoms with Crippen LogP contribution in [0.25, 0.3) is 0 Å². The van der Waals surface area contributed by atoms with Crippen LogP contribution in [-0.2, 0) is 4.74 Å². The van der Waals surface area contributed by atoms with Crippen LogP contribution >= 0.6 is 11.3 Å². The second-order valence-electron chi connectivity index (χ2n) is 5.25. The van der Waals surface area contributed by atoms with Crippen LogP contribution in [0.5, 0.6) is 0 Å². The number of thiophene rings is 1. The van der Waals surface area contributed by atoms with Crippen LogP contribution in [0.1, 0.15) is 30.7 Å². The number of piperidine rings is 1. The van der Waals surface area contributed by atoms with Crippen LogP contribution < -0.4 is 5.73 Å². The molecule has 3 nitrogen and oxygen atoms in total. The van der Waals surface area contributed by atoms with Gasteiger partial charge in [-0.25, -0.2) is 0 Å². The first-order valence-corrected chi connectivity index (χ1v) is 7.62. The highest BCUT2D eigenvalue weighted by molar-refractivity contribution is 7.10. The predicted molar refractivity (Wildman–Crippen MR) is 76.9 cm³/mol. The topological polar surface area (TPSA) is 38.5 Å². The largest absolute Gasteiger partial charge is 0.384 e. The molecule has 1 aromatic rings. The smallest absolute Gasteiger partial charge is 0.0590 e. The van der Waals surface area contributed by atoms with E-state index in [2.05, 4.69) is 29.3 Å². The van der Waals surface area contributed by atoms with E-state index in [0.29, 0.717) is 6.04 Å². The van der Waals surface area contributed by atoms with Crippen LogP contribution in [0, 0.1) is 5.92 Å². The molecule has 102 valence electrons. The van der Waals surface area contributed by atoms with Crippen molar-refractivity contribution in [3.05, 3.63) is 22.4 Å². The van der Waals surface area contributed by atoms with E-state index in [1.165, 1.54) is 17.7 Å². The first kappa shape index (κ1) is 14.0. The van der Waals surface area contributed by atoms with Gasteiger partial charge in [-0.2, -0.15) is 0 Å². The van der Waals surface area contributed by atoms with E-state index >= 15 is 0 Å². The first-order chi connectivity index (χ1) is 8.72. The molecule has 0 bridgehead atoms. The van der Waals surface area contributed by atoms with Crippen molar-refractivity contribution in [3.63, 3.8) is 0 Å². The quantitative estimate of drug-likeness (QED) is 0.891. The van der Waals surface area contributed by atoms with E-state index < -0.39 is 0 Å². The summed E-state index contributed by atoms with van der Waals surface area (Å²) >= 11 is 1.82. The van der Waals surface area contributed by atoms with Crippen molar-refractivity contribution in [3.8, 4) is 0 Å². The summed E-state index contributed by atoms with van der Waals surface area (Å²) in [7, 11) is 1.79. The fourth-order valence-corrected chi connectivity index (χ4v) is 3.84. The Morgan fingerprint density at radius 2 is 2.22 bits per heavy atom. The van der Waals surface area contributed by atoms with Crippen molar-refractivity contribution in [1.29, 1.82) is 0 Å². The lowest BCUT2D eigenvalue weighted by Crippen LogP contribution is -2.43. The first-order valence-electron chi connectivity index (χ1n) is 6.74. The van der Waals surface area contributed by atoms with E-state index in [-0.39, 0.29) is 6.04 Å². The molecule has 0 aromatic carbocycles. The van der Waals surface area contributed by atoms with Crippen molar-refractivity contribution < 1.29 is 4.74 Å². The molecule has 2 unspecified atom stereocenters. The number of hydrogen-bond donors (Lipinski definition) is 1. The molecule has 1 aromatic heterocycles. The van der Waals surface area contributed by atoms with Gasteiger partial charge in [-0.1, -0.05) is 6.07 Å². The van der Waals surface area contributed by atoms with Crippen LogP contribution in [-0.4, -0.2) is 37.7 Å². The van der Waals surface area contributed by atoms with E-state index in [1.54, 1.807) is 7.11 Å². The summed E-state index contributed by atoms with van der Waals surface area (Å²) in [6, 6.07) is 4.89. The zero-order valence-corrected chi connectivity index (χ0v) is 12.2. The van der Waals surface area contributed by atoms with Crippen LogP contribution in [0.4, 0.5) is 0 Å². The Kier molecular flexibility index (Phi) is 5.18. The summed E-state index contributed by atoms with van der Waals surface area (Å²) in [5.41, 5.74) is 6.19. The van der Waals surface area contributed by atoms with Crippen molar-refractivity contribution >= 4 is 11.3 Å². The molecule has 2 heterocycles. The lowest BCUT2D eigenvalue weighted by molar-refractivity contribution is 0.0745. The number of ether oxygens (including phenoxy) is 1. The van der Waals surface area contributed by atoms with Gasteiger partial charge in [-0.05, 0) is 50.2 Å². The van der Waals surface area contributed by atoms with Crippen molar-refractivity contribution in [1.82, 2.24) is 4.90 Å². The van der Waals surface area contributed by atoms with Crippen LogP contribution in [0.15, 0.2) is 17.5 Å². The Bertz CT molecular complexity index is 332. The SMILES string of the molecule is COCC1CCN(C(c2cccs2)C(C)N)CC1. The van der Waals surface area contributed by atoms with Gasteiger partial charge in [0.1, 0.15) is 0 Å². The fraction of sp³-hybridized carbons (Fsp3) is 0.714. The number of methoxy groups -OCH3 is 1. The Morgan fingerprint density at radius 3 is 2.72 bits per heavy atom. The van der Waals surface area contributed by atoms with E-state index in [0.717, 1.165) is 25.6 Å². The third-order valence-corrected chi connectivity index (χ3v) is 4.72. The Hall–Kier alpha value is -0.420. The molecule has 1 fully saturated rings. The second kappa shape index (κ2) is 6.66. The number of rotatable bonds is 5. The molecule has 2 N–H and O–H groups in total. The Balaban J connectivity index is 1.97. The lowest BCUT2D eigenvalue weighted by atomic mass is 9.95. The van der Waals surface area contributed by atoms with Gasteiger partial charge < -0.3 is 10.5 Å². The standard InChI is InChI=1S/C14H24N2OS/c1-11(15)14(13-4-3-9-18-13)16-7-5-12(6-8-16)10-17-2/h3-4,9,11-12,14H,5-8,10,15H2,1-2H3. The molecule has 1 aliphatic heterocycles. The summed E-state index contributed by atoms with van der Waals surface area (Å²) in [4.78, 5) is 3.94. The minimum Gasteiger partial charge on any atom is -0.384 e. The molecule has 0 saturated carbocycles. The van der Waals surface area contributed by atoms with Gasteiger partial charge in [0.15, 0.2) is 0 Å². The molecule has 18 heavy (non-hydrogen) atoms. The molecule has 1 aliphatic rings. The van der Waals surface area contributed by atoms with Gasteiger partial charge in [-0.15, -0.1) is 11.3 Å². The normalized spacial score (nSPS) is 21.9. The Morgan fingerprint density at radius 1 is 1.50 bits per heavy atom. The zero-order valence-electron chi connectivity index (χ0n) is 11.3. The minimum absolute atomic E-state index is 0.183. The Labute approximate surface area is 114 Å². The highest BCUT2D eigenvalue weighted by atomic mass is 32.1. The van der Waals surface area contributed by atoms with E-state index in [1.807, 2.05) is 11.3 Å². The van der Waals surface area contributed by atoms with Gasteiger partial charge in [0.2, 0.25) is 0 Å². The van der Waals surface area contributed by atoms with Gasteiger partial charge in [-0.3, -0.25) is 4.90 Å². The maximum atomic E-state index is 6.19. The maximum Gasteiger partial charge on any atom is 0.0590 e. The van der Waals surface area contributed by atoms with Gasteiger partial charge in [0, 0.05) is 24.6 Å². The third kappa shape index (κ3) is 3.32. The van der Waals surface area contributed by atoms with E-state index in [9.17, 15) is 0 Å². The monoisotopic (exact) mass is 268 g/mol. The molecular weight excluding hydrogens is 244 g/mol. The molecule has 0 radical (unpaired) electrons. The highest BCUT2D eigenvalue weighted by Crippen LogP contribution is 2.31. The van der Waals surface area contributed by atoms with Crippen molar-refractivity contribution in [2.75, 3.05) is 26.8 Å². The number of nitrogens with two attached hydrogens (primary N) is 1. The third-order valence-electron chi connectivity index (χ3n) is 3.78. The number of likely N-dealkylation sites (tertiary alicyclic amines) is 1. The second-order valence-corrected chi connectivity index (χ2v) is 6.23. The molecule has 0 spiro atoms. The molecule has 2 atom stereocenters. The summed E-state index contributed by atoms with van der Waals surface area (Å²) < 4.78 is 5.26. The summed E-state index contributed by atoms with van der Waals surface area (Å²) in [5.74, 6) is 0.725. The van der Waals surface area contributed by atoms with Crippen molar-refractivity contribution in [2.24, 2.45) is 11.7 Å². The number of hydrogen-bond acceptors (Lipinski definition) is 4. The predicted octanol–water partition coefficient (Wildman–Crippen LogP) is 2.49. The molecule has 1 saturated heterocycles. The lowest BCUT2D eigenvalue weighted by Gasteiger charge is -2.38. The number of nitrogens with zero attached hydrogens (tertiary/aromatic N) is 1. The maximum absolute atomic E-state index is 6.19. The van der Waals surface area contributed by atoms with Gasteiger partial charge in [0.05, 0.1) is 6.04 Å². The van der Waals surface area contributed by atoms with Gasteiger partial charge in [0.25, 0.3) is 0 Å². The summed E-state index contributed by atoms with van der Waals surface area (Å²) in [6.45, 7) is 5.29. The molecule has 0 amide bonds. The molecular formula is C14H24N2OS. The average molecular weight is 268 g/mol. The molecule has 4 heteroatoms. The van der Waals surface area contributed by atoms with Crippen molar-refractivity contribution in [2.45, 2.75) is 31.8 Å². The highest BCUT2D eigenvalue weighted by Gasteiger charge is 2.28. The average Bonchev–Trinajstić information content (AvgIpc) is 2.85.